The van der Waals surface area contributed by atoms with Gasteiger partial charge < -0.3 is 0 Å². The summed E-state index contributed by atoms with van der Waals surface area (Å²) < 4.78 is 65.0. The molecule has 0 aromatic heterocycles. The Balaban J connectivity index is 2.19. The molecule has 0 aliphatic carbocycles. The molecule has 0 aliphatic rings. The van der Waals surface area contributed by atoms with Gasteiger partial charge >= 0.3 is 6.18 Å². The first-order valence-corrected chi connectivity index (χ1v) is 5.97. The first-order valence-electron chi connectivity index (χ1n) is 5.97. The van der Waals surface area contributed by atoms with Crippen LogP contribution in [0.2, 0.25) is 0 Å². The van der Waals surface area contributed by atoms with Crippen molar-refractivity contribution in [2.24, 2.45) is 0 Å². The number of hydrogen-bond donors (Lipinski definition) is 2. The van der Waals surface area contributed by atoms with Gasteiger partial charge in [-0.2, -0.15) is 13.2 Å². The first kappa shape index (κ1) is 15.7. The molecule has 0 saturated carbocycles. The quantitative estimate of drug-likeness (QED) is 0.669. The molecule has 2 N–H and O–H groups in total. The third-order valence-electron chi connectivity index (χ3n) is 2.73. The molecule has 0 spiro atoms. The number of hydrazine groups is 1. The zero-order valence-corrected chi connectivity index (χ0v) is 10.8. The van der Waals surface area contributed by atoms with E-state index in [1.807, 2.05) is 10.9 Å². The number of halogens is 5. The van der Waals surface area contributed by atoms with Crippen LogP contribution >= 0.6 is 0 Å². The lowest BCUT2D eigenvalue weighted by atomic mass is 10.1. The second-order valence-electron chi connectivity index (χ2n) is 4.22. The van der Waals surface area contributed by atoms with Gasteiger partial charge in [-0.15, -0.1) is 0 Å². The Bertz CT molecular complexity index is 680. The third kappa shape index (κ3) is 3.33. The molecule has 2 rings (SSSR count). The summed E-state index contributed by atoms with van der Waals surface area (Å²) >= 11 is 0. The van der Waals surface area contributed by atoms with Crippen LogP contribution in [0.4, 0.5) is 27.6 Å². The molecule has 116 valence electrons. The monoisotopic (exact) mass is 316 g/mol. The van der Waals surface area contributed by atoms with E-state index in [2.05, 4.69) is 0 Å². The summed E-state index contributed by atoms with van der Waals surface area (Å²) in [6.07, 6.45) is -4.64. The Kier molecular flexibility index (Phi) is 4.30. The van der Waals surface area contributed by atoms with Gasteiger partial charge in [0.05, 0.1) is 11.3 Å². The highest BCUT2D eigenvalue weighted by molar-refractivity contribution is 5.95. The van der Waals surface area contributed by atoms with Gasteiger partial charge in [0.1, 0.15) is 17.2 Å². The smallest absolute Gasteiger partial charge is 0.298 e. The van der Waals surface area contributed by atoms with Crippen LogP contribution in [-0.2, 0) is 6.18 Å². The molecule has 3 nitrogen and oxygen atoms in total. The maximum absolute atomic E-state index is 13.4. The molecular formula is C14H9F5N2O. The van der Waals surface area contributed by atoms with Crippen molar-refractivity contribution in [2.45, 2.75) is 6.18 Å². The standard InChI is InChI=1S/C14H9F5N2O/c15-9-5-3-6-10(16)12(9)13(22)21-20-11-7-2-1-4-8(11)14(17,18)19/h1-7,20H,(H,21,22). The molecule has 0 fully saturated rings. The molecule has 0 unspecified atom stereocenters. The first-order chi connectivity index (χ1) is 10.3. The van der Waals surface area contributed by atoms with Crippen molar-refractivity contribution in [3.8, 4) is 0 Å². The second-order valence-corrected chi connectivity index (χ2v) is 4.22. The van der Waals surface area contributed by atoms with Crippen molar-refractivity contribution < 1.29 is 26.7 Å². The van der Waals surface area contributed by atoms with Gasteiger partial charge in [-0.05, 0) is 24.3 Å². The minimum atomic E-state index is -4.64. The highest BCUT2D eigenvalue weighted by Crippen LogP contribution is 2.34. The predicted molar refractivity (Wildman–Crippen MR) is 68.9 cm³/mol. The fourth-order valence-corrected chi connectivity index (χ4v) is 1.74. The van der Waals surface area contributed by atoms with E-state index in [0.29, 0.717) is 0 Å². The van der Waals surface area contributed by atoms with E-state index in [9.17, 15) is 26.7 Å². The average Bonchev–Trinajstić information content (AvgIpc) is 2.44. The zero-order valence-electron chi connectivity index (χ0n) is 10.8. The van der Waals surface area contributed by atoms with Crippen LogP contribution in [-0.4, -0.2) is 5.91 Å². The minimum absolute atomic E-state index is 0.444. The van der Waals surface area contributed by atoms with Crippen LogP contribution in [0.5, 0.6) is 0 Å². The third-order valence-corrected chi connectivity index (χ3v) is 2.73. The van der Waals surface area contributed by atoms with E-state index in [0.717, 1.165) is 30.3 Å². The number of anilines is 1. The zero-order chi connectivity index (χ0) is 16.3. The number of amides is 1. The predicted octanol–water partition coefficient (Wildman–Crippen LogP) is 3.74. The lowest BCUT2D eigenvalue weighted by Crippen LogP contribution is -2.31. The number of nitrogens with one attached hydrogen (secondary N) is 2. The summed E-state index contributed by atoms with van der Waals surface area (Å²) in [4.78, 5) is 11.7. The van der Waals surface area contributed by atoms with Crippen LogP contribution in [0.1, 0.15) is 15.9 Å². The number of carbonyl (C=O) groups excluding carboxylic acids is 1. The fraction of sp³-hybridized carbons (Fsp3) is 0.0714. The topological polar surface area (TPSA) is 41.1 Å². The molecule has 2 aromatic rings. The van der Waals surface area contributed by atoms with Gasteiger partial charge in [0.15, 0.2) is 0 Å². The van der Waals surface area contributed by atoms with Crippen molar-refractivity contribution in [3.63, 3.8) is 0 Å². The Morgan fingerprint density at radius 1 is 0.909 bits per heavy atom. The van der Waals surface area contributed by atoms with Crippen molar-refractivity contribution in [3.05, 3.63) is 65.2 Å². The second kappa shape index (κ2) is 6.00. The van der Waals surface area contributed by atoms with Crippen molar-refractivity contribution >= 4 is 11.6 Å². The summed E-state index contributed by atoms with van der Waals surface area (Å²) in [5.74, 6) is -3.47. The van der Waals surface area contributed by atoms with E-state index >= 15 is 0 Å². The van der Waals surface area contributed by atoms with Crippen LogP contribution in [0.3, 0.4) is 0 Å². The summed E-state index contributed by atoms with van der Waals surface area (Å²) in [5.41, 5.74) is 1.50. The molecule has 1 amide bonds. The van der Waals surface area contributed by atoms with Crippen LogP contribution in [0.25, 0.3) is 0 Å². The largest absolute Gasteiger partial charge is 0.418 e. The van der Waals surface area contributed by atoms with Gasteiger partial charge in [0.2, 0.25) is 0 Å². The number of rotatable bonds is 3. The maximum atomic E-state index is 13.4. The molecular weight excluding hydrogens is 307 g/mol. The van der Waals surface area contributed by atoms with E-state index in [4.69, 9.17) is 0 Å². The molecule has 0 saturated heterocycles. The maximum Gasteiger partial charge on any atom is 0.418 e. The number of para-hydroxylation sites is 1. The summed E-state index contributed by atoms with van der Waals surface area (Å²) in [7, 11) is 0. The lowest BCUT2D eigenvalue weighted by Gasteiger charge is -2.15. The molecule has 0 heterocycles. The van der Waals surface area contributed by atoms with Gasteiger partial charge in [0.25, 0.3) is 5.91 Å². The molecule has 0 atom stereocenters. The van der Waals surface area contributed by atoms with Crippen molar-refractivity contribution in [1.29, 1.82) is 0 Å². The summed E-state index contributed by atoms with van der Waals surface area (Å²) in [5, 5.41) is 0. The Labute approximate surface area is 121 Å². The highest BCUT2D eigenvalue weighted by atomic mass is 19.4. The van der Waals surface area contributed by atoms with Gasteiger partial charge in [-0.3, -0.25) is 15.6 Å². The molecule has 22 heavy (non-hydrogen) atoms. The summed E-state index contributed by atoms with van der Waals surface area (Å²) in [6, 6.07) is 7.15. The van der Waals surface area contributed by atoms with E-state index in [1.54, 1.807) is 0 Å². The van der Waals surface area contributed by atoms with Crippen LogP contribution in [0.15, 0.2) is 42.5 Å². The lowest BCUT2D eigenvalue weighted by molar-refractivity contribution is -0.137. The van der Waals surface area contributed by atoms with Gasteiger partial charge in [0, 0.05) is 0 Å². The molecule has 8 heteroatoms. The Hall–Kier alpha value is -2.64. The Morgan fingerprint density at radius 3 is 2.09 bits per heavy atom. The number of benzene rings is 2. The molecule has 0 bridgehead atoms. The minimum Gasteiger partial charge on any atom is -0.298 e. The molecule has 2 aromatic carbocycles. The van der Waals surface area contributed by atoms with E-state index in [-0.39, 0.29) is 0 Å². The number of carbonyl (C=O) groups is 1. The SMILES string of the molecule is O=C(NNc1ccccc1C(F)(F)F)c1c(F)cccc1F. The van der Waals surface area contributed by atoms with Crippen molar-refractivity contribution in [1.82, 2.24) is 5.43 Å². The Morgan fingerprint density at radius 2 is 1.50 bits per heavy atom. The highest BCUT2D eigenvalue weighted by Gasteiger charge is 2.33. The van der Waals surface area contributed by atoms with Crippen LogP contribution < -0.4 is 10.9 Å². The average molecular weight is 316 g/mol. The normalized spacial score (nSPS) is 11.1. The van der Waals surface area contributed by atoms with Crippen LogP contribution in [0, 0.1) is 11.6 Å². The number of hydrogen-bond acceptors (Lipinski definition) is 2. The molecule has 0 aliphatic heterocycles. The number of alkyl halides is 3. The van der Waals surface area contributed by atoms with E-state index in [1.165, 1.54) is 12.1 Å². The molecule has 0 radical (unpaired) electrons. The van der Waals surface area contributed by atoms with Gasteiger partial charge in [-0.1, -0.05) is 18.2 Å². The fourth-order valence-electron chi connectivity index (χ4n) is 1.74. The summed E-state index contributed by atoms with van der Waals surface area (Å²) in [6.45, 7) is 0. The van der Waals surface area contributed by atoms with E-state index < -0.39 is 40.5 Å². The van der Waals surface area contributed by atoms with Crippen molar-refractivity contribution in [2.75, 3.05) is 5.43 Å². The van der Waals surface area contributed by atoms with Gasteiger partial charge in [-0.25, -0.2) is 8.78 Å².